The molecule has 0 atom stereocenters. The second kappa shape index (κ2) is 9.87. The maximum Gasteiger partial charge on any atom is 0.238 e. The lowest BCUT2D eigenvalue weighted by Gasteiger charge is -2.32. The Hall–Kier alpha value is -3.35. The first-order chi connectivity index (χ1) is 16.7. The summed E-state index contributed by atoms with van der Waals surface area (Å²) in [5.41, 5.74) is 5.18. The third-order valence-electron chi connectivity index (χ3n) is 6.87. The zero-order valence-corrected chi connectivity index (χ0v) is 19.6. The zero-order valence-electron chi connectivity index (χ0n) is 19.6. The lowest BCUT2D eigenvalue weighted by Crippen LogP contribution is -2.42. The number of aromatic nitrogens is 1. The maximum absolute atomic E-state index is 12.8. The molecular formula is C28H32N4O2. The van der Waals surface area contributed by atoms with Crippen LogP contribution in [0.2, 0.25) is 0 Å². The molecule has 0 unspecified atom stereocenters. The van der Waals surface area contributed by atoms with E-state index in [9.17, 15) is 9.90 Å². The van der Waals surface area contributed by atoms with E-state index >= 15 is 0 Å². The molecule has 3 aromatic carbocycles. The minimum atomic E-state index is 0.0237. The van der Waals surface area contributed by atoms with E-state index in [4.69, 9.17) is 0 Å². The SMILES string of the molecule is CCn1c2ccccc2c2cc(NC(=O)CN3CCC(Nc4ccccc4CO)CC3)ccc21. The molecular weight excluding hydrogens is 424 g/mol. The molecule has 6 nitrogen and oxygen atoms in total. The van der Waals surface area contributed by atoms with Crippen LogP contribution in [0, 0.1) is 0 Å². The second-order valence-electron chi connectivity index (χ2n) is 9.05. The van der Waals surface area contributed by atoms with E-state index in [1.54, 1.807) is 0 Å². The Kier molecular flexibility index (Phi) is 6.52. The van der Waals surface area contributed by atoms with Gasteiger partial charge < -0.3 is 20.3 Å². The van der Waals surface area contributed by atoms with E-state index < -0.39 is 0 Å². The molecule has 34 heavy (non-hydrogen) atoms. The van der Waals surface area contributed by atoms with Gasteiger partial charge in [-0.3, -0.25) is 9.69 Å². The van der Waals surface area contributed by atoms with Crippen LogP contribution in [-0.4, -0.2) is 46.2 Å². The van der Waals surface area contributed by atoms with E-state index in [1.807, 2.05) is 30.3 Å². The molecule has 3 N–H and O–H groups in total. The Balaban J connectivity index is 1.19. The predicted octanol–water partition coefficient (Wildman–Crippen LogP) is 4.82. The molecule has 1 aliphatic rings. The number of nitrogens with zero attached hydrogens (tertiary/aromatic N) is 2. The van der Waals surface area contributed by atoms with E-state index in [1.165, 1.54) is 21.8 Å². The summed E-state index contributed by atoms with van der Waals surface area (Å²) in [6.07, 6.45) is 1.94. The number of anilines is 2. The topological polar surface area (TPSA) is 69.5 Å². The number of benzene rings is 3. The second-order valence-corrected chi connectivity index (χ2v) is 9.05. The molecule has 1 saturated heterocycles. The lowest BCUT2D eigenvalue weighted by molar-refractivity contribution is -0.117. The number of hydrogen-bond donors (Lipinski definition) is 3. The van der Waals surface area contributed by atoms with Crippen LogP contribution >= 0.6 is 0 Å². The molecule has 1 amide bonds. The standard InChI is InChI=1S/C28H32N4O2/c1-2-32-26-10-6-4-8-23(26)24-17-22(11-12-27(24)32)30-28(34)18-31-15-13-21(14-16-31)29-25-9-5-3-7-20(25)19-33/h3-12,17,21,29,33H,2,13-16,18-19H2,1H3,(H,30,34). The minimum absolute atomic E-state index is 0.0237. The minimum Gasteiger partial charge on any atom is -0.392 e. The van der Waals surface area contributed by atoms with Crippen molar-refractivity contribution in [1.82, 2.24) is 9.47 Å². The number of hydrogen-bond acceptors (Lipinski definition) is 4. The van der Waals surface area contributed by atoms with Crippen LogP contribution in [0.25, 0.3) is 21.8 Å². The first kappa shape index (κ1) is 22.4. The fraction of sp³-hybridized carbons (Fsp3) is 0.321. The van der Waals surface area contributed by atoms with Gasteiger partial charge in [0, 0.05) is 64.4 Å². The Morgan fingerprint density at radius 3 is 2.50 bits per heavy atom. The van der Waals surface area contributed by atoms with Crippen molar-refractivity contribution in [2.75, 3.05) is 30.3 Å². The monoisotopic (exact) mass is 456 g/mol. The normalized spacial score (nSPS) is 15.1. The van der Waals surface area contributed by atoms with Crippen LogP contribution in [0.5, 0.6) is 0 Å². The number of aliphatic hydroxyl groups is 1. The highest BCUT2D eigenvalue weighted by atomic mass is 16.3. The molecule has 0 aliphatic carbocycles. The van der Waals surface area contributed by atoms with Crippen molar-refractivity contribution < 1.29 is 9.90 Å². The van der Waals surface area contributed by atoms with Crippen molar-refractivity contribution in [3.63, 3.8) is 0 Å². The van der Waals surface area contributed by atoms with Crippen molar-refractivity contribution >= 4 is 39.1 Å². The molecule has 4 aromatic rings. The summed E-state index contributed by atoms with van der Waals surface area (Å²) in [4.78, 5) is 15.0. The van der Waals surface area contributed by atoms with Gasteiger partial charge in [0.2, 0.25) is 5.91 Å². The molecule has 1 aliphatic heterocycles. The zero-order chi connectivity index (χ0) is 23.5. The Labute approximate surface area is 200 Å². The lowest BCUT2D eigenvalue weighted by atomic mass is 10.0. The number of fused-ring (bicyclic) bond motifs is 3. The third-order valence-corrected chi connectivity index (χ3v) is 6.87. The highest BCUT2D eigenvalue weighted by Gasteiger charge is 2.21. The number of piperidine rings is 1. The Morgan fingerprint density at radius 1 is 0.971 bits per heavy atom. The molecule has 0 saturated carbocycles. The summed E-state index contributed by atoms with van der Waals surface area (Å²) in [5.74, 6) is 0.0237. The average molecular weight is 457 g/mol. The summed E-state index contributed by atoms with van der Waals surface area (Å²) >= 11 is 0. The van der Waals surface area contributed by atoms with Crippen molar-refractivity contribution in [2.24, 2.45) is 0 Å². The summed E-state index contributed by atoms with van der Waals surface area (Å²) in [5, 5.41) is 18.6. The number of aryl methyl sites for hydroxylation is 1. The number of aliphatic hydroxyl groups excluding tert-OH is 1. The van der Waals surface area contributed by atoms with E-state index in [0.717, 1.165) is 49.4 Å². The summed E-state index contributed by atoms with van der Waals surface area (Å²) in [7, 11) is 0. The molecule has 6 heteroatoms. The van der Waals surface area contributed by atoms with E-state index in [-0.39, 0.29) is 12.5 Å². The van der Waals surface area contributed by atoms with Gasteiger partial charge in [-0.05, 0) is 50.1 Å². The Morgan fingerprint density at radius 2 is 1.71 bits per heavy atom. The van der Waals surface area contributed by atoms with Crippen molar-refractivity contribution in [3.8, 4) is 0 Å². The number of carbonyl (C=O) groups is 1. The summed E-state index contributed by atoms with van der Waals surface area (Å²) in [6.45, 7) is 5.24. The molecule has 0 radical (unpaired) electrons. The van der Waals surface area contributed by atoms with Gasteiger partial charge in [-0.1, -0.05) is 36.4 Å². The maximum atomic E-state index is 12.8. The molecule has 176 valence electrons. The van der Waals surface area contributed by atoms with E-state index in [2.05, 4.69) is 63.4 Å². The Bertz CT molecular complexity index is 1300. The average Bonchev–Trinajstić information content (AvgIpc) is 3.18. The first-order valence-corrected chi connectivity index (χ1v) is 12.1. The first-order valence-electron chi connectivity index (χ1n) is 12.1. The number of para-hydroxylation sites is 2. The van der Waals surface area contributed by atoms with Crippen molar-refractivity contribution in [3.05, 3.63) is 72.3 Å². The van der Waals surface area contributed by atoms with Crippen LogP contribution in [0.4, 0.5) is 11.4 Å². The fourth-order valence-corrected chi connectivity index (χ4v) is 5.13. The summed E-state index contributed by atoms with van der Waals surface area (Å²) < 4.78 is 2.31. The van der Waals surface area contributed by atoms with Gasteiger partial charge in [0.05, 0.1) is 13.2 Å². The molecule has 2 heterocycles. The van der Waals surface area contributed by atoms with Crippen LogP contribution in [0.3, 0.4) is 0 Å². The number of nitrogens with one attached hydrogen (secondary N) is 2. The van der Waals surface area contributed by atoms with Crippen molar-refractivity contribution in [2.45, 2.75) is 39.0 Å². The van der Waals surface area contributed by atoms with Gasteiger partial charge >= 0.3 is 0 Å². The van der Waals surface area contributed by atoms with Gasteiger partial charge in [0.25, 0.3) is 0 Å². The van der Waals surface area contributed by atoms with Crippen molar-refractivity contribution in [1.29, 1.82) is 0 Å². The number of amides is 1. The van der Waals surface area contributed by atoms with Gasteiger partial charge in [0.1, 0.15) is 0 Å². The summed E-state index contributed by atoms with van der Waals surface area (Å²) in [6, 6.07) is 22.9. The predicted molar refractivity (Wildman–Crippen MR) is 139 cm³/mol. The highest BCUT2D eigenvalue weighted by Crippen LogP contribution is 2.31. The smallest absolute Gasteiger partial charge is 0.238 e. The van der Waals surface area contributed by atoms with Crippen LogP contribution in [0.15, 0.2) is 66.7 Å². The number of carbonyl (C=O) groups excluding carboxylic acids is 1. The highest BCUT2D eigenvalue weighted by molar-refractivity contribution is 6.09. The number of likely N-dealkylation sites (tertiary alicyclic amines) is 1. The van der Waals surface area contributed by atoms with Crippen LogP contribution < -0.4 is 10.6 Å². The molecule has 1 fully saturated rings. The number of rotatable bonds is 7. The molecule has 0 spiro atoms. The fourth-order valence-electron chi connectivity index (χ4n) is 5.13. The van der Waals surface area contributed by atoms with Gasteiger partial charge in [-0.25, -0.2) is 0 Å². The van der Waals surface area contributed by atoms with Crippen LogP contribution in [-0.2, 0) is 17.9 Å². The van der Waals surface area contributed by atoms with Crippen LogP contribution in [0.1, 0.15) is 25.3 Å². The molecule has 1 aromatic heterocycles. The third kappa shape index (κ3) is 4.52. The van der Waals surface area contributed by atoms with Gasteiger partial charge in [-0.15, -0.1) is 0 Å². The quantitative estimate of drug-likeness (QED) is 0.373. The van der Waals surface area contributed by atoms with Gasteiger partial charge in [-0.2, -0.15) is 0 Å². The molecule has 0 bridgehead atoms. The van der Waals surface area contributed by atoms with E-state index in [0.29, 0.717) is 12.6 Å². The molecule has 5 rings (SSSR count). The largest absolute Gasteiger partial charge is 0.392 e. The van der Waals surface area contributed by atoms with Gasteiger partial charge in [0.15, 0.2) is 0 Å².